The van der Waals surface area contributed by atoms with Crippen LogP contribution in [0.2, 0.25) is 0 Å². The molecule has 8 heteroatoms. The van der Waals surface area contributed by atoms with Gasteiger partial charge in [0, 0.05) is 24.7 Å². The fraction of sp³-hybridized carbons (Fsp3) is 0.300. The van der Waals surface area contributed by atoms with Gasteiger partial charge in [0.25, 0.3) is 5.56 Å². The van der Waals surface area contributed by atoms with Crippen LogP contribution in [0.1, 0.15) is 23.6 Å². The Hall–Kier alpha value is -3.42. The van der Waals surface area contributed by atoms with Gasteiger partial charge in [0.1, 0.15) is 18.0 Å². The van der Waals surface area contributed by atoms with E-state index >= 15 is 0 Å². The van der Waals surface area contributed by atoms with E-state index in [0.29, 0.717) is 23.6 Å². The molecule has 0 spiro atoms. The summed E-state index contributed by atoms with van der Waals surface area (Å²) in [4.78, 5) is 42.7. The third-order valence-corrected chi connectivity index (χ3v) is 4.77. The molecule has 1 aliphatic heterocycles. The number of pyridine rings is 1. The molecule has 144 valence electrons. The van der Waals surface area contributed by atoms with E-state index in [4.69, 9.17) is 9.15 Å². The predicted molar refractivity (Wildman–Crippen MR) is 98.2 cm³/mol. The van der Waals surface area contributed by atoms with E-state index in [1.54, 1.807) is 29.4 Å². The summed E-state index contributed by atoms with van der Waals surface area (Å²) in [5.74, 6) is -0.456. The minimum atomic E-state index is -0.536. The van der Waals surface area contributed by atoms with Gasteiger partial charge in [0.2, 0.25) is 5.91 Å². The summed E-state index contributed by atoms with van der Waals surface area (Å²) in [7, 11) is 0. The number of aryl methyl sites for hydroxylation is 1. The number of fused-ring (bicyclic) bond motifs is 1. The Morgan fingerprint density at radius 3 is 2.93 bits per heavy atom. The van der Waals surface area contributed by atoms with Crippen LogP contribution in [0.3, 0.4) is 0 Å². The van der Waals surface area contributed by atoms with Gasteiger partial charge in [-0.2, -0.15) is 0 Å². The molecule has 4 heterocycles. The molecule has 28 heavy (non-hydrogen) atoms. The summed E-state index contributed by atoms with van der Waals surface area (Å²) < 4.78 is 12.1. The van der Waals surface area contributed by atoms with E-state index < -0.39 is 11.9 Å². The highest BCUT2D eigenvalue weighted by molar-refractivity contribution is 5.86. The largest absolute Gasteiger partial charge is 0.467 e. The Bertz CT molecular complexity index is 1090. The Morgan fingerprint density at radius 2 is 2.14 bits per heavy atom. The van der Waals surface area contributed by atoms with Gasteiger partial charge in [-0.1, -0.05) is 6.07 Å². The van der Waals surface area contributed by atoms with Crippen molar-refractivity contribution in [3.8, 4) is 0 Å². The molecule has 1 saturated heterocycles. The van der Waals surface area contributed by atoms with Crippen LogP contribution in [0.25, 0.3) is 5.65 Å². The third kappa shape index (κ3) is 3.53. The first kappa shape index (κ1) is 18.0. The second-order valence-corrected chi connectivity index (χ2v) is 6.81. The van der Waals surface area contributed by atoms with E-state index in [0.717, 1.165) is 5.69 Å². The van der Waals surface area contributed by atoms with Crippen molar-refractivity contribution >= 4 is 17.5 Å². The van der Waals surface area contributed by atoms with Crippen LogP contribution in [-0.4, -0.2) is 32.7 Å². The maximum absolute atomic E-state index is 12.4. The normalized spacial score (nSPS) is 16.7. The standard InChI is InChI=1S/C20H19N3O5/c1-13-4-2-6-17-21-15(9-19(25)23(13)17)12-28-20(26)14-8-18(24)22(10-14)11-16-5-3-7-27-16/h2-7,9,14H,8,10-12H2,1H3/t14-/m1/s1. The van der Waals surface area contributed by atoms with E-state index in [1.165, 1.54) is 10.5 Å². The summed E-state index contributed by atoms with van der Waals surface area (Å²) in [6, 6.07) is 10.2. The molecule has 8 nitrogen and oxygen atoms in total. The van der Waals surface area contributed by atoms with Gasteiger partial charge < -0.3 is 14.1 Å². The lowest BCUT2D eigenvalue weighted by Crippen LogP contribution is -2.26. The SMILES string of the molecule is Cc1cccc2nc(COC(=O)[C@@H]3CC(=O)N(Cc4ccco4)C3)cc(=O)n12. The fourth-order valence-electron chi connectivity index (χ4n) is 3.37. The lowest BCUT2D eigenvalue weighted by Gasteiger charge is -2.14. The number of esters is 1. The zero-order valence-corrected chi connectivity index (χ0v) is 15.3. The summed E-state index contributed by atoms with van der Waals surface area (Å²) >= 11 is 0. The molecule has 0 unspecified atom stereocenters. The molecule has 1 fully saturated rings. The lowest BCUT2D eigenvalue weighted by atomic mass is 10.1. The van der Waals surface area contributed by atoms with Crippen molar-refractivity contribution in [2.75, 3.05) is 6.54 Å². The van der Waals surface area contributed by atoms with Crippen molar-refractivity contribution in [1.82, 2.24) is 14.3 Å². The molecule has 0 saturated carbocycles. The molecule has 1 amide bonds. The second-order valence-electron chi connectivity index (χ2n) is 6.81. The van der Waals surface area contributed by atoms with E-state index in [9.17, 15) is 14.4 Å². The van der Waals surface area contributed by atoms with Gasteiger partial charge in [-0.05, 0) is 31.2 Å². The number of amides is 1. The lowest BCUT2D eigenvalue weighted by molar-refractivity contribution is -0.149. The molecule has 1 atom stereocenters. The number of nitrogens with zero attached hydrogens (tertiary/aromatic N) is 3. The molecule has 0 radical (unpaired) electrons. The zero-order valence-electron chi connectivity index (χ0n) is 15.3. The van der Waals surface area contributed by atoms with Crippen LogP contribution in [0.5, 0.6) is 0 Å². The monoisotopic (exact) mass is 381 g/mol. The zero-order chi connectivity index (χ0) is 19.7. The fourth-order valence-corrected chi connectivity index (χ4v) is 3.37. The Morgan fingerprint density at radius 1 is 1.29 bits per heavy atom. The average Bonchev–Trinajstić information content (AvgIpc) is 3.30. The highest BCUT2D eigenvalue weighted by atomic mass is 16.5. The van der Waals surface area contributed by atoms with Crippen LogP contribution in [0, 0.1) is 12.8 Å². The maximum atomic E-state index is 12.4. The Labute approximate surface area is 160 Å². The van der Waals surface area contributed by atoms with Crippen molar-refractivity contribution < 1.29 is 18.7 Å². The van der Waals surface area contributed by atoms with Crippen molar-refractivity contribution in [2.45, 2.75) is 26.5 Å². The van der Waals surface area contributed by atoms with Crippen molar-refractivity contribution in [2.24, 2.45) is 5.92 Å². The third-order valence-electron chi connectivity index (χ3n) is 4.77. The number of carbonyl (C=O) groups excluding carboxylic acids is 2. The molecule has 1 aliphatic rings. The number of likely N-dealkylation sites (tertiary alicyclic amines) is 1. The molecule has 0 N–H and O–H groups in total. The molecular weight excluding hydrogens is 362 g/mol. The molecule has 3 aromatic rings. The van der Waals surface area contributed by atoms with Crippen LogP contribution >= 0.6 is 0 Å². The van der Waals surface area contributed by atoms with Crippen LogP contribution in [-0.2, 0) is 27.5 Å². The second kappa shape index (κ2) is 7.30. The van der Waals surface area contributed by atoms with E-state index in [2.05, 4.69) is 4.98 Å². The smallest absolute Gasteiger partial charge is 0.311 e. The van der Waals surface area contributed by atoms with Crippen LogP contribution in [0.4, 0.5) is 0 Å². The van der Waals surface area contributed by atoms with Gasteiger partial charge in [-0.25, -0.2) is 4.98 Å². The number of carbonyl (C=O) groups is 2. The van der Waals surface area contributed by atoms with Crippen molar-refractivity contribution in [3.63, 3.8) is 0 Å². The van der Waals surface area contributed by atoms with Gasteiger partial charge in [0.05, 0.1) is 24.4 Å². The first-order chi connectivity index (χ1) is 13.5. The van der Waals surface area contributed by atoms with E-state index in [1.807, 2.05) is 19.1 Å². The van der Waals surface area contributed by atoms with Gasteiger partial charge in [0.15, 0.2) is 0 Å². The molecule has 0 bridgehead atoms. The quantitative estimate of drug-likeness (QED) is 0.624. The van der Waals surface area contributed by atoms with Gasteiger partial charge in [-0.15, -0.1) is 0 Å². The summed E-state index contributed by atoms with van der Waals surface area (Å²) in [6.45, 7) is 2.33. The number of furan rings is 1. The average molecular weight is 381 g/mol. The number of ether oxygens (including phenoxy) is 1. The summed E-state index contributed by atoms with van der Waals surface area (Å²) in [5, 5.41) is 0. The first-order valence-electron chi connectivity index (χ1n) is 8.96. The molecule has 3 aromatic heterocycles. The van der Waals surface area contributed by atoms with Crippen LogP contribution in [0.15, 0.2) is 51.9 Å². The minimum absolute atomic E-state index is 0.104. The highest BCUT2D eigenvalue weighted by Crippen LogP contribution is 2.22. The number of hydrogen-bond acceptors (Lipinski definition) is 6. The van der Waals surface area contributed by atoms with E-state index in [-0.39, 0.29) is 31.0 Å². The summed E-state index contributed by atoms with van der Waals surface area (Å²) in [6.07, 6.45) is 1.65. The molecular formula is C20H19N3O5. The highest BCUT2D eigenvalue weighted by Gasteiger charge is 2.35. The number of hydrogen-bond donors (Lipinski definition) is 0. The Balaban J connectivity index is 1.40. The predicted octanol–water partition coefficient (Wildman–Crippen LogP) is 1.69. The first-order valence-corrected chi connectivity index (χ1v) is 8.96. The van der Waals surface area contributed by atoms with Crippen LogP contribution < -0.4 is 5.56 Å². The van der Waals surface area contributed by atoms with Crippen molar-refractivity contribution in [3.05, 3.63) is 70.2 Å². The van der Waals surface area contributed by atoms with Gasteiger partial charge >= 0.3 is 5.97 Å². The Kier molecular flexibility index (Phi) is 4.68. The maximum Gasteiger partial charge on any atom is 0.311 e. The van der Waals surface area contributed by atoms with Crippen molar-refractivity contribution in [1.29, 1.82) is 0 Å². The number of aromatic nitrogens is 2. The number of rotatable bonds is 5. The molecule has 0 aromatic carbocycles. The molecule has 0 aliphatic carbocycles. The summed E-state index contributed by atoms with van der Waals surface area (Å²) in [5.41, 5.74) is 1.43. The minimum Gasteiger partial charge on any atom is -0.467 e. The topological polar surface area (TPSA) is 94.1 Å². The molecule has 4 rings (SSSR count). The van der Waals surface area contributed by atoms with Gasteiger partial charge in [-0.3, -0.25) is 18.8 Å².